The molecule has 1 aliphatic heterocycles. The number of nitrogens with zero attached hydrogens (tertiary/aromatic N) is 1. The van der Waals surface area contributed by atoms with Crippen molar-refractivity contribution < 1.29 is 9.53 Å². The third kappa shape index (κ3) is 2.38. The second kappa shape index (κ2) is 4.42. The van der Waals surface area contributed by atoms with E-state index in [9.17, 15) is 4.79 Å². The topological polar surface area (TPSA) is 67.6 Å². The number of nitrogens with two attached hydrogens (primary N) is 1. The molecule has 0 aromatic heterocycles. The van der Waals surface area contributed by atoms with Crippen LogP contribution in [0.2, 0.25) is 0 Å². The Labute approximate surface area is 112 Å². The molecule has 1 heterocycles. The Hall–Kier alpha value is -1.75. The quantitative estimate of drug-likeness (QED) is 0.854. The summed E-state index contributed by atoms with van der Waals surface area (Å²) in [7, 11) is 2.06. The first-order valence-corrected chi connectivity index (χ1v) is 6.60. The summed E-state index contributed by atoms with van der Waals surface area (Å²) in [5.41, 5.74) is 7.94. The third-order valence-electron chi connectivity index (χ3n) is 4.00. The molecule has 0 bridgehead atoms. The van der Waals surface area contributed by atoms with E-state index in [1.807, 2.05) is 18.2 Å². The van der Waals surface area contributed by atoms with Crippen molar-refractivity contribution in [1.82, 2.24) is 0 Å². The van der Waals surface area contributed by atoms with Crippen molar-refractivity contribution in [1.29, 1.82) is 0 Å². The first-order valence-electron chi connectivity index (χ1n) is 6.60. The van der Waals surface area contributed by atoms with Crippen molar-refractivity contribution in [3.63, 3.8) is 0 Å². The van der Waals surface area contributed by atoms with E-state index >= 15 is 0 Å². The number of nitrogens with one attached hydrogen (secondary N) is 1. The van der Waals surface area contributed by atoms with E-state index in [-0.39, 0.29) is 12.5 Å². The van der Waals surface area contributed by atoms with E-state index in [2.05, 4.69) is 17.3 Å². The molecular formula is C14H19N3O2. The van der Waals surface area contributed by atoms with Crippen LogP contribution in [0.3, 0.4) is 0 Å². The summed E-state index contributed by atoms with van der Waals surface area (Å²) in [4.78, 5) is 13.5. The maximum atomic E-state index is 11.3. The van der Waals surface area contributed by atoms with E-state index in [1.54, 1.807) is 0 Å². The van der Waals surface area contributed by atoms with E-state index in [0.29, 0.717) is 5.41 Å². The molecule has 1 aromatic carbocycles. The number of rotatable bonds is 4. The van der Waals surface area contributed by atoms with Crippen molar-refractivity contribution in [2.75, 3.05) is 37.0 Å². The summed E-state index contributed by atoms with van der Waals surface area (Å²) in [6.07, 6.45) is 2.41. The first-order chi connectivity index (χ1) is 9.12. The van der Waals surface area contributed by atoms with E-state index in [1.165, 1.54) is 12.8 Å². The highest BCUT2D eigenvalue weighted by Crippen LogP contribution is 2.45. The molecule has 1 aromatic rings. The molecule has 2 aliphatic rings. The third-order valence-corrected chi connectivity index (χ3v) is 4.00. The van der Waals surface area contributed by atoms with Crippen LogP contribution in [0.25, 0.3) is 0 Å². The van der Waals surface area contributed by atoms with Gasteiger partial charge in [-0.1, -0.05) is 0 Å². The number of carbonyl (C=O) groups is 1. The van der Waals surface area contributed by atoms with Gasteiger partial charge in [0.2, 0.25) is 0 Å². The highest BCUT2D eigenvalue weighted by molar-refractivity contribution is 5.96. The highest BCUT2D eigenvalue weighted by Gasteiger charge is 2.42. The van der Waals surface area contributed by atoms with Crippen LogP contribution in [-0.4, -0.2) is 32.7 Å². The Balaban J connectivity index is 1.77. The van der Waals surface area contributed by atoms with Crippen LogP contribution in [0, 0.1) is 5.41 Å². The van der Waals surface area contributed by atoms with Crippen molar-refractivity contribution in [2.45, 2.75) is 12.8 Å². The Morgan fingerprint density at radius 2 is 2.26 bits per heavy atom. The number of amides is 1. The molecule has 0 saturated heterocycles. The fourth-order valence-corrected chi connectivity index (χ4v) is 2.51. The summed E-state index contributed by atoms with van der Waals surface area (Å²) < 4.78 is 5.35. The van der Waals surface area contributed by atoms with Gasteiger partial charge in [-0.3, -0.25) is 4.79 Å². The molecule has 5 nitrogen and oxygen atoms in total. The van der Waals surface area contributed by atoms with Gasteiger partial charge in [-0.05, 0) is 37.6 Å². The van der Waals surface area contributed by atoms with Crippen molar-refractivity contribution in [3.8, 4) is 5.75 Å². The van der Waals surface area contributed by atoms with Crippen LogP contribution in [0.15, 0.2) is 18.2 Å². The molecule has 3 N–H and O–H groups in total. The molecule has 1 saturated carbocycles. The Kier molecular flexibility index (Phi) is 2.86. The van der Waals surface area contributed by atoms with E-state index in [0.717, 1.165) is 30.2 Å². The molecule has 1 amide bonds. The van der Waals surface area contributed by atoms with Crippen LogP contribution >= 0.6 is 0 Å². The second-order valence-corrected chi connectivity index (χ2v) is 5.58. The molecule has 0 radical (unpaired) electrons. The van der Waals surface area contributed by atoms with Gasteiger partial charge >= 0.3 is 0 Å². The average molecular weight is 261 g/mol. The monoisotopic (exact) mass is 261 g/mol. The predicted molar refractivity (Wildman–Crippen MR) is 74.6 cm³/mol. The summed E-state index contributed by atoms with van der Waals surface area (Å²) in [5.74, 6) is 0.629. The summed E-state index contributed by atoms with van der Waals surface area (Å²) in [6, 6.07) is 5.88. The molecule has 1 fully saturated rings. The SMILES string of the molecule is CN(CC1(CN)CC1)c1ccc2c(c1)NC(=O)CO2. The molecule has 0 unspecified atom stereocenters. The Morgan fingerprint density at radius 3 is 2.95 bits per heavy atom. The molecule has 0 atom stereocenters. The van der Waals surface area contributed by atoms with Crippen molar-refractivity contribution >= 4 is 17.3 Å². The van der Waals surface area contributed by atoms with Crippen LogP contribution < -0.4 is 20.7 Å². The summed E-state index contributed by atoms with van der Waals surface area (Å²) in [6.45, 7) is 1.79. The molecule has 5 heteroatoms. The number of carbonyl (C=O) groups excluding carboxylic acids is 1. The number of hydrogen-bond donors (Lipinski definition) is 2. The smallest absolute Gasteiger partial charge is 0.262 e. The number of fused-ring (bicyclic) bond motifs is 1. The molecule has 1 aliphatic carbocycles. The molecule has 3 rings (SSSR count). The number of hydrogen-bond acceptors (Lipinski definition) is 4. The van der Waals surface area contributed by atoms with Gasteiger partial charge in [-0.2, -0.15) is 0 Å². The fraction of sp³-hybridized carbons (Fsp3) is 0.500. The minimum absolute atomic E-state index is 0.0957. The van der Waals surface area contributed by atoms with E-state index < -0.39 is 0 Å². The molecular weight excluding hydrogens is 242 g/mol. The van der Waals surface area contributed by atoms with Crippen LogP contribution in [0.1, 0.15) is 12.8 Å². The Morgan fingerprint density at radius 1 is 1.47 bits per heavy atom. The summed E-state index contributed by atoms with van der Waals surface area (Å²) >= 11 is 0. The minimum atomic E-state index is -0.104. The zero-order chi connectivity index (χ0) is 13.5. The number of anilines is 2. The lowest BCUT2D eigenvalue weighted by Crippen LogP contribution is -2.31. The Bertz CT molecular complexity index is 511. The van der Waals surface area contributed by atoms with Gasteiger partial charge < -0.3 is 20.7 Å². The number of ether oxygens (including phenoxy) is 1. The lowest BCUT2D eigenvalue weighted by atomic mass is 10.1. The lowest BCUT2D eigenvalue weighted by molar-refractivity contribution is -0.118. The van der Waals surface area contributed by atoms with Gasteiger partial charge in [0.25, 0.3) is 5.91 Å². The average Bonchev–Trinajstić information content (AvgIpc) is 3.18. The second-order valence-electron chi connectivity index (χ2n) is 5.58. The predicted octanol–water partition coefficient (Wildman–Crippen LogP) is 1.19. The molecule has 102 valence electrons. The van der Waals surface area contributed by atoms with Gasteiger partial charge in [0.05, 0.1) is 5.69 Å². The molecule has 0 spiro atoms. The fourth-order valence-electron chi connectivity index (χ4n) is 2.51. The van der Waals surface area contributed by atoms with E-state index in [4.69, 9.17) is 10.5 Å². The van der Waals surface area contributed by atoms with Crippen LogP contribution in [0.4, 0.5) is 11.4 Å². The largest absolute Gasteiger partial charge is 0.482 e. The van der Waals surface area contributed by atoms with Crippen molar-refractivity contribution in [2.24, 2.45) is 11.1 Å². The van der Waals surface area contributed by atoms with Gasteiger partial charge in [-0.15, -0.1) is 0 Å². The van der Waals surface area contributed by atoms with Crippen LogP contribution in [-0.2, 0) is 4.79 Å². The standard InChI is InChI=1S/C14H19N3O2/c1-17(9-14(8-15)4-5-14)10-2-3-12-11(6-10)16-13(18)7-19-12/h2-3,6H,4-5,7-9,15H2,1H3,(H,16,18). The highest BCUT2D eigenvalue weighted by atomic mass is 16.5. The molecule has 19 heavy (non-hydrogen) atoms. The normalized spacial score (nSPS) is 19.2. The maximum absolute atomic E-state index is 11.3. The van der Waals surface area contributed by atoms with Gasteiger partial charge in [-0.25, -0.2) is 0 Å². The van der Waals surface area contributed by atoms with Gasteiger partial charge in [0.1, 0.15) is 5.75 Å². The van der Waals surface area contributed by atoms with Crippen molar-refractivity contribution in [3.05, 3.63) is 18.2 Å². The van der Waals surface area contributed by atoms with Crippen LogP contribution in [0.5, 0.6) is 5.75 Å². The lowest BCUT2D eigenvalue weighted by Gasteiger charge is -2.26. The minimum Gasteiger partial charge on any atom is -0.482 e. The maximum Gasteiger partial charge on any atom is 0.262 e. The first kappa shape index (κ1) is 12.3. The van der Waals surface area contributed by atoms with Gasteiger partial charge in [0, 0.05) is 24.7 Å². The zero-order valence-corrected chi connectivity index (χ0v) is 11.1. The summed E-state index contributed by atoms with van der Waals surface area (Å²) in [5, 5.41) is 2.83. The van der Waals surface area contributed by atoms with Gasteiger partial charge in [0.15, 0.2) is 6.61 Å². The number of benzene rings is 1. The zero-order valence-electron chi connectivity index (χ0n) is 11.1.